The van der Waals surface area contributed by atoms with E-state index in [1.807, 2.05) is 48.5 Å². The molecular weight excluding hydrogens is 352 g/mol. The van der Waals surface area contributed by atoms with E-state index in [4.69, 9.17) is 4.74 Å². The molecule has 0 aromatic heterocycles. The molecule has 2 aromatic carbocycles. The summed E-state index contributed by atoms with van der Waals surface area (Å²) in [7, 11) is 3.41. The van der Waals surface area contributed by atoms with Crippen LogP contribution in [0.4, 0.5) is 5.69 Å². The Labute approximate surface area is 166 Å². The topological polar surface area (TPSA) is 74.8 Å². The zero-order valence-electron chi connectivity index (χ0n) is 16.5. The molecule has 1 amide bonds. The van der Waals surface area contributed by atoms with E-state index in [9.17, 15) is 4.79 Å². The van der Waals surface area contributed by atoms with Crippen molar-refractivity contribution >= 4 is 17.6 Å². The van der Waals surface area contributed by atoms with Gasteiger partial charge in [-0.15, -0.1) is 0 Å². The third kappa shape index (κ3) is 5.25. The van der Waals surface area contributed by atoms with Crippen LogP contribution in [0, 0.1) is 5.92 Å². The van der Waals surface area contributed by atoms with Gasteiger partial charge in [0.15, 0.2) is 5.96 Å². The van der Waals surface area contributed by atoms with E-state index in [2.05, 4.69) is 20.9 Å². The van der Waals surface area contributed by atoms with Crippen molar-refractivity contribution in [2.45, 2.75) is 32.4 Å². The van der Waals surface area contributed by atoms with Crippen LogP contribution in [0.1, 0.15) is 30.4 Å². The molecule has 6 heteroatoms. The normalized spacial score (nSPS) is 14.1. The standard InChI is InChI=1S/C22H28N4O2/c1-23-22(25-15-18-8-3-4-12-20(18)28-2)24-14-16-7-5-11-19(13-16)26-21(27)17-9-6-10-17/h3-5,7-8,11-13,17H,6,9-10,14-15H2,1-2H3,(H,26,27)(H2,23,24,25). The molecule has 148 valence electrons. The van der Waals surface area contributed by atoms with Gasteiger partial charge < -0.3 is 20.7 Å². The molecular formula is C22H28N4O2. The van der Waals surface area contributed by atoms with Crippen molar-refractivity contribution in [2.75, 3.05) is 19.5 Å². The number of methoxy groups -OCH3 is 1. The molecule has 3 N–H and O–H groups in total. The predicted octanol–water partition coefficient (Wildman–Crippen LogP) is 3.30. The fourth-order valence-corrected chi connectivity index (χ4v) is 3.11. The minimum absolute atomic E-state index is 0.130. The average molecular weight is 380 g/mol. The van der Waals surface area contributed by atoms with E-state index >= 15 is 0 Å². The monoisotopic (exact) mass is 380 g/mol. The second-order valence-electron chi connectivity index (χ2n) is 6.91. The van der Waals surface area contributed by atoms with Gasteiger partial charge in [-0.2, -0.15) is 0 Å². The molecule has 3 rings (SSSR count). The summed E-state index contributed by atoms with van der Waals surface area (Å²) < 4.78 is 5.38. The first-order valence-electron chi connectivity index (χ1n) is 9.66. The Bertz CT molecular complexity index is 831. The van der Waals surface area contributed by atoms with Crippen LogP contribution < -0.4 is 20.7 Å². The van der Waals surface area contributed by atoms with Crippen LogP contribution in [0.15, 0.2) is 53.5 Å². The molecule has 0 atom stereocenters. The van der Waals surface area contributed by atoms with Gasteiger partial charge in [-0.3, -0.25) is 9.79 Å². The third-order valence-electron chi connectivity index (χ3n) is 4.99. The number of ether oxygens (including phenoxy) is 1. The van der Waals surface area contributed by atoms with Crippen molar-refractivity contribution < 1.29 is 9.53 Å². The highest BCUT2D eigenvalue weighted by molar-refractivity contribution is 5.93. The average Bonchev–Trinajstić information content (AvgIpc) is 2.67. The van der Waals surface area contributed by atoms with Gasteiger partial charge in [-0.1, -0.05) is 36.8 Å². The number of carbonyl (C=O) groups is 1. The number of aliphatic imine (C=N–C) groups is 1. The molecule has 0 unspecified atom stereocenters. The van der Waals surface area contributed by atoms with E-state index in [1.54, 1.807) is 14.2 Å². The van der Waals surface area contributed by atoms with Crippen molar-refractivity contribution in [3.05, 3.63) is 59.7 Å². The van der Waals surface area contributed by atoms with Gasteiger partial charge in [-0.05, 0) is 36.6 Å². The highest BCUT2D eigenvalue weighted by Gasteiger charge is 2.25. The zero-order chi connectivity index (χ0) is 19.8. The lowest BCUT2D eigenvalue weighted by molar-refractivity contribution is -0.122. The molecule has 0 saturated heterocycles. The van der Waals surface area contributed by atoms with Gasteiger partial charge in [0.25, 0.3) is 0 Å². The van der Waals surface area contributed by atoms with Crippen LogP contribution in [-0.4, -0.2) is 26.0 Å². The van der Waals surface area contributed by atoms with E-state index < -0.39 is 0 Å². The number of carbonyl (C=O) groups excluding carboxylic acids is 1. The van der Waals surface area contributed by atoms with Gasteiger partial charge in [0, 0.05) is 37.3 Å². The lowest BCUT2D eigenvalue weighted by Gasteiger charge is -2.24. The Morgan fingerprint density at radius 2 is 1.89 bits per heavy atom. The number of benzene rings is 2. The first-order valence-corrected chi connectivity index (χ1v) is 9.66. The largest absolute Gasteiger partial charge is 0.496 e. The SMILES string of the molecule is CN=C(NCc1cccc(NC(=O)C2CCC2)c1)NCc1ccccc1OC. The molecule has 0 bridgehead atoms. The fraction of sp³-hybridized carbons (Fsp3) is 0.364. The summed E-state index contributed by atoms with van der Waals surface area (Å²) in [6.07, 6.45) is 3.16. The molecule has 0 spiro atoms. The number of anilines is 1. The van der Waals surface area contributed by atoms with Crippen molar-refractivity contribution in [2.24, 2.45) is 10.9 Å². The number of hydrogen-bond donors (Lipinski definition) is 3. The smallest absolute Gasteiger partial charge is 0.227 e. The number of hydrogen-bond acceptors (Lipinski definition) is 3. The first kappa shape index (κ1) is 19.7. The third-order valence-corrected chi connectivity index (χ3v) is 4.99. The van der Waals surface area contributed by atoms with Crippen LogP contribution in [-0.2, 0) is 17.9 Å². The summed E-state index contributed by atoms with van der Waals surface area (Å²) >= 11 is 0. The van der Waals surface area contributed by atoms with Gasteiger partial charge in [0.1, 0.15) is 5.75 Å². The summed E-state index contributed by atoms with van der Waals surface area (Å²) in [5, 5.41) is 9.62. The van der Waals surface area contributed by atoms with Crippen LogP contribution in [0.3, 0.4) is 0 Å². The highest BCUT2D eigenvalue weighted by Crippen LogP contribution is 2.27. The molecule has 2 aromatic rings. The van der Waals surface area contributed by atoms with Gasteiger partial charge >= 0.3 is 0 Å². The fourth-order valence-electron chi connectivity index (χ4n) is 3.11. The van der Waals surface area contributed by atoms with E-state index in [-0.39, 0.29) is 11.8 Å². The maximum atomic E-state index is 12.1. The van der Waals surface area contributed by atoms with Gasteiger partial charge in [0.2, 0.25) is 5.91 Å². The highest BCUT2D eigenvalue weighted by atomic mass is 16.5. The van der Waals surface area contributed by atoms with Crippen molar-refractivity contribution in [1.29, 1.82) is 0 Å². The Morgan fingerprint density at radius 3 is 2.61 bits per heavy atom. The summed E-state index contributed by atoms with van der Waals surface area (Å²) in [6.45, 7) is 1.22. The molecule has 1 saturated carbocycles. The number of amides is 1. The Balaban J connectivity index is 1.52. The van der Waals surface area contributed by atoms with Crippen LogP contribution in [0.25, 0.3) is 0 Å². The van der Waals surface area contributed by atoms with E-state index in [0.29, 0.717) is 19.0 Å². The number of nitrogens with zero attached hydrogens (tertiary/aromatic N) is 1. The second kappa shape index (κ2) is 9.78. The van der Waals surface area contributed by atoms with Crippen LogP contribution in [0.2, 0.25) is 0 Å². The lowest BCUT2D eigenvalue weighted by Crippen LogP contribution is -2.36. The molecule has 28 heavy (non-hydrogen) atoms. The van der Waals surface area contributed by atoms with E-state index in [1.165, 1.54) is 0 Å². The quantitative estimate of drug-likeness (QED) is 0.509. The first-order chi connectivity index (χ1) is 13.7. The van der Waals surface area contributed by atoms with E-state index in [0.717, 1.165) is 41.8 Å². The minimum Gasteiger partial charge on any atom is -0.496 e. The lowest BCUT2D eigenvalue weighted by atomic mass is 9.85. The predicted molar refractivity (Wildman–Crippen MR) is 112 cm³/mol. The molecule has 1 aliphatic carbocycles. The van der Waals surface area contributed by atoms with Gasteiger partial charge in [0.05, 0.1) is 7.11 Å². The molecule has 0 radical (unpaired) electrons. The molecule has 0 heterocycles. The number of guanidine groups is 1. The maximum Gasteiger partial charge on any atom is 0.227 e. The summed E-state index contributed by atoms with van der Waals surface area (Å²) in [5.41, 5.74) is 2.98. The Morgan fingerprint density at radius 1 is 1.11 bits per heavy atom. The van der Waals surface area contributed by atoms with Crippen molar-refractivity contribution in [3.63, 3.8) is 0 Å². The second-order valence-corrected chi connectivity index (χ2v) is 6.91. The minimum atomic E-state index is 0.130. The summed E-state index contributed by atoms with van der Waals surface area (Å²) in [4.78, 5) is 16.4. The zero-order valence-corrected chi connectivity index (χ0v) is 16.5. The van der Waals surface area contributed by atoms with Crippen LogP contribution in [0.5, 0.6) is 5.75 Å². The molecule has 0 aliphatic heterocycles. The Kier molecular flexibility index (Phi) is 6.89. The number of rotatable bonds is 7. The Hall–Kier alpha value is -3.02. The summed E-state index contributed by atoms with van der Waals surface area (Å²) in [6, 6.07) is 15.8. The van der Waals surface area contributed by atoms with Crippen molar-refractivity contribution in [1.82, 2.24) is 10.6 Å². The summed E-state index contributed by atoms with van der Waals surface area (Å²) in [5.74, 6) is 1.86. The number of para-hydroxylation sites is 1. The van der Waals surface area contributed by atoms with Gasteiger partial charge in [-0.25, -0.2) is 0 Å². The molecule has 1 fully saturated rings. The maximum absolute atomic E-state index is 12.1. The van der Waals surface area contributed by atoms with Crippen LogP contribution >= 0.6 is 0 Å². The molecule has 1 aliphatic rings. The number of nitrogens with one attached hydrogen (secondary N) is 3. The molecule has 6 nitrogen and oxygen atoms in total. The van der Waals surface area contributed by atoms with Crippen molar-refractivity contribution in [3.8, 4) is 5.75 Å².